The molecule has 1 saturated carbocycles. The smallest absolute Gasteiger partial charge is 0.410 e. The molecule has 4 rings (SSSR count). The van der Waals surface area contributed by atoms with E-state index in [0.29, 0.717) is 24.3 Å². The molecule has 1 N–H and O–H groups in total. The molecule has 1 aliphatic carbocycles. The molecule has 2 aliphatic rings. The minimum atomic E-state index is -0.712. The zero-order chi connectivity index (χ0) is 22.0. The summed E-state index contributed by atoms with van der Waals surface area (Å²) in [6.07, 6.45) is -0.318. The van der Waals surface area contributed by atoms with Crippen LogP contribution >= 0.6 is 0 Å². The number of amides is 2. The summed E-state index contributed by atoms with van der Waals surface area (Å²) >= 11 is 0. The van der Waals surface area contributed by atoms with Gasteiger partial charge >= 0.3 is 6.09 Å². The Labute approximate surface area is 175 Å². The number of nitrogens with zero attached hydrogens (tertiary/aromatic N) is 3. The Hall–Kier alpha value is -2.64. The number of carbonyl (C=O) groups excluding carboxylic acids is 2. The molecule has 2 aromatic rings. The number of benzene rings is 1. The number of carbonyl (C=O) groups is 2. The summed E-state index contributed by atoms with van der Waals surface area (Å²) in [6.45, 7) is 10.4. The molecule has 8 heteroatoms. The number of halogens is 1. The molecule has 2 amide bonds. The maximum Gasteiger partial charge on any atom is 0.410 e. The molecule has 2 fully saturated rings. The molecule has 162 valence electrons. The number of hydrogen-bond donors (Lipinski definition) is 1. The van der Waals surface area contributed by atoms with Gasteiger partial charge in [-0.2, -0.15) is 5.10 Å². The van der Waals surface area contributed by atoms with Gasteiger partial charge in [-0.25, -0.2) is 9.18 Å². The van der Waals surface area contributed by atoms with Crippen LogP contribution in [0.5, 0.6) is 0 Å². The standard InChI is InChI=1S/C22H29FN4O3/c1-21(2,3)30-20(29)27-10-14-15(11-27)17(14)19(28)24-22(4,5)18-13-8-7-12(23)9-16(13)26(6)25-18/h7-9,14-15,17H,10-11H2,1-6H3,(H,24,28)/t14-,15+,17?. The van der Waals surface area contributed by atoms with E-state index in [1.807, 2.05) is 34.6 Å². The SMILES string of the molecule is Cn1nc(C(C)(C)NC(=O)C2[C@H]3CN(C(=O)OC(C)(C)C)C[C@@H]23)c2ccc(F)cc21. The number of aryl methyl sites for hydroxylation is 1. The van der Waals surface area contributed by atoms with Crippen LogP contribution < -0.4 is 5.32 Å². The Morgan fingerprint density at radius 3 is 2.40 bits per heavy atom. The third kappa shape index (κ3) is 3.63. The summed E-state index contributed by atoms with van der Waals surface area (Å²) in [4.78, 5) is 26.9. The highest BCUT2D eigenvalue weighted by atomic mass is 19.1. The van der Waals surface area contributed by atoms with Crippen molar-refractivity contribution in [1.29, 1.82) is 0 Å². The van der Waals surface area contributed by atoms with E-state index in [2.05, 4.69) is 10.4 Å². The lowest BCUT2D eigenvalue weighted by Crippen LogP contribution is -2.44. The molecule has 1 aromatic heterocycles. The van der Waals surface area contributed by atoms with Crippen LogP contribution in [0.25, 0.3) is 10.9 Å². The van der Waals surface area contributed by atoms with E-state index in [-0.39, 0.29) is 35.6 Å². The predicted octanol–water partition coefficient (Wildman–Crippen LogP) is 3.18. The second-order valence-corrected chi connectivity index (χ2v) is 9.99. The number of nitrogens with one attached hydrogen (secondary N) is 1. The van der Waals surface area contributed by atoms with E-state index >= 15 is 0 Å². The van der Waals surface area contributed by atoms with Crippen LogP contribution in [0.3, 0.4) is 0 Å². The number of fused-ring (bicyclic) bond motifs is 2. The monoisotopic (exact) mass is 416 g/mol. The highest BCUT2D eigenvalue weighted by molar-refractivity contribution is 5.86. The van der Waals surface area contributed by atoms with E-state index in [1.165, 1.54) is 12.1 Å². The van der Waals surface area contributed by atoms with Crippen molar-refractivity contribution in [2.45, 2.75) is 45.8 Å². The van der Waals surface area contributed by atoms with Gasteiger partial charge in [-0.3, -0.25) is 9.48 Å². The molecule has 30 heavy (non-hydrogen) atoms. The highest BCUT2D eigenvalue weighted by Gasteiger charge is 2.61. The number of ether oxygens (including phenoxy) is 1. The van der Waals surface area contributed by atoms with Crippen molar-refractivity contribution in [2.24, 2.45) is 24.8 Å². The van der Waals surface area contributed by atoms with Gasteiger partial charge in [0, 0.05) is 31.4 Å². The second-order valence-electron chi connectivity index (χ2n) is 9.99. The lowest BCUT2D eigenvalue weighted by Gasteiger charge is -2.27. The van der Waals surface area contributed by atoms with Crippen molar-refractivity contribution in [3.63, 3.8) is 0 Å². The lowest BCUT2D eigenvalue weighted by atomic mass is 9.96. The van der Waals surface area contributed by atoms with Crippen LogP contribution in [0.1, 0.15) is 40.3 Å². The summed E-state index contributed by atoms with van der Waals surface area (Å²) in [5, 5.41) is 8.48. The Bertz CT molecular complexity index is 1010. The molecule has 0 radical (unpaired) electrons. The van der Waals surface area contributed by atoms with E-state index in [1.54, 1.807) is 22.7 Å². The third-order valence-electron chi connectivity index (χ3n) is 5.99. The molecule has 3 atom stereocenters. The predicted molar refractivity (Wildman–Crippen MR) is 110 cm³/mol. The lowest BCUT2D eigenvalue weighted by molar-refractivity contribution is -0.125. The molecule has 0 spiro atoms. The van der Waals surface area contributed by atoms with Gasteiger partial charge in [-0.1, -0.05) is 0 Å². The summed E-state index contributed by atoms with van der Waals surface area (Å²) in [7, 11) is 1.76. The minimum absolute atomic E-state index is 0.0280. The van der Waals surface area contributed by atoms with Gasteiger partial charge in [0.15, 0.2) is 0 Å². The quantitative estimate of drug-likeness (QED) is 0.834. The van der Waals surface area contributed by atoms with E-state index in [9.17, 15) is 14.0 Å². The van der Waals surface area contributed by atoms with Crippen molar-refractivity contribution in [2.75, 3.05) is 13.1 Å². The van der Waals surface area contributed by atoms with Crippen LogP contribution in [0, 0.1) is 23.6 Å². The van der Waals surface area contributed by atoms with Crippen molar-refractivity contribution < 1.29 is 18.7 Å². The average Bonchev–Trinajstić information content (AvgIpc) is 2.94. The molecular weight excluding hydrogens is 387 g/mol. The molecule has 1 aliphatic heterocycles. The van der Waals surface area contributed by atoms with Gasteiger partial charge in [0.05, 0.1) is 16.7 Å². The first-order chi connectivity index (χ1) is 13.9. The van der Waals surface area contributed by atoms with Crippen LogP contribution in [0.2, 0.25) is 0 Å². The van der Waals surface area contributed by atoms with Crippen LogP contribution in [-0.2, 0) is 22.1 Å². The minimum Gasteiger partial charge on any atom is -0.444 e. The van der Waals surface area contributed by atoms with Gasteiger partial charge in [0.1, 0.15) is 11.4 Å². The summed E-state index contributed by atoms with van der Waals surface area (Å²) in [5.41, 5.74) is 0.146. The van der Waals surface area contributed by atoms with Crippen LogP contribution in [0.4, 0.5) is 9.18 Å². The summed E-state index contributed by atoms with van der Waals surface area (Å²) in [5.74, 6) is -0.111. The fourth-order valence-corrected chi connectivity index (χ4v) is 4.53. The van der Waals surface area contributed by atoms with Crippen molar-refractivity contribution in [1.82, 2.24) is 20.0 Å². The fourth-order valence-electron chi connectivity index (χ4n) is 4.53. The summed E-state index contributed by atoms with van der Waals surface area (Å²) in [6, 6.07) is 4.55. The van der Waals surface area contributed by atoms with Crippen LogP contribution in [0.15, 0.2) is 18.2 Å². The zero-order valence-corrected chi connectivity index (χ0v) is 18.3. The maximum absolute atomic E-state index is 13.6. The zero-order valence-electron chi connectivity index (χ0n) is 18.3. The normalized spacial score (nSPS) is 23.4. The van der Waals surface area contributed by atoms with Gasteiger partial charge in [0.2, 0.25) is 5.91 Å². The highest BCUT2D eigenvalue weighted by Crippen LogP contribution is 2.52. The second kappa shape index (κ2) is 6.68. The third-order valence-corrected chi connectivity index (χ3v) is 5.99. The first-order valence-corrected chi connectivity index (χ1v) is 10.3. The van der Waals surface area contributed by atoms with Crippen molar-refractivity contribution >= 4 is 22.9 Å². The Morgan fingerprint density at radius 1 is 1.17 bits per heavy atom. The molecular formula is C22H29FN4O3. The Kier molecular flexibility index (Phi) is 4.60. The number of rotatable bonds is 3. The molecule has 2 heterocycles. The van der Waals surface area contributed by atoms with E-state index in [4.69, 9.17) is 4.74 Å². The van der Waals surface area contributed by atoms with E-state index in [0.717, 1.165) is 5.39 Å². The molecule has 1 aromatic carbocycles. The Morgan fingerprint density at radius 2 is 1.80 bits per heavy atom. The van der Waals surface area contributed by atoms with Gasteiger partial charge in [0.25, 0.3) is 0 Å². The van der Waals surface area contributed by atoms with Crippen molar-refractivity contribution in [3.8, 4) is 0 Å². The number of piperidine rings is 1. The number of hydrogen-bond acceptors (Lipinski definition) is 4. The first kappa shape index (κ1) is 20.6. The fraction of sp³-hybridized carbons (Fsp3) is 0.591. The van der Waals surface area contributed by atoms with E-state index < -0.39 is 11.1 Å². The van der Waals surface area contributed by atoms with Crippen molar-refractivity contribution in [3.05, 3.63) is 29.7 Å². The topological polar surface area (TPSA) is 76.5 Å². The number of likely N-dealkylation sites (tertiary alicyclic amines) is 1. The van der Waals surface area contributed by atoms with Gasteiger partial charge in [-0.15, -0.1) is 0 Å². The Balaban J connectivity index is 1.42. The first-order valence-electron chi connectivity index (χ1n) is 10.3. The maximum atomic E-state index is 13.6. The molecule has 1 unspecified atom stereocenters. The van der Waals surface area contributed by atoms with Crippen LogP contribution in [-0.4, -0.2) is 45.4 Å². The van der Waals surface area contributed by atoms with Gasteiger partial charge in [-0.05, 0) is 64.7 Å². The number of aromatic nitrogens is 2. The molecule has 1 saturated heterocycles. The average molecular weight is 416 g/mol. The molecule has 0 bridgehead atoms. The summed E-state index contributed by atoms with van der Waals surface area (Å²) < 4.78 is 20.7. The molecule has 7 nitrogen and oxygen atoms in total. The largest absolute Gasteiger partial charge is 0.444 e. The van der Waals surface area contributed by atoms with Gasteiger partial charge < -0.3 is 15.0 Å².